The highest BCUT2D eigenvalue weighted by Gasteiger charge is 2.28. The third-order valence-corrected chi connectivity index (χ3v) is 5.31. The van der Waals surface area contributed by atoms with Crippen molar-refractivity contribution in [2.24, 2.45) is 0 Å². The molecule has 1 aliphatic carbocycles. The maximum atomic E-state index is 12.4. The number of carbonyl (C=O) groups is 1. The molecule has 6 nitrogen and oxygen atoms in total. The summed E-state index contributed by atoms with van der Waals surface area (Å²) in [6, 6.07) is 4.00. The molecule has 25 heavy (non-hydrogen) atoms. The molecule has 0 unspecified atom stereocenters. The highest BCUT2D eigenvalue weighted by molar-refractivity contribution is 7.15. The lowest BCUT2D eigenvalue weighted by molar-refractivity contribution is -0.112. The number of nitriles is 1. The summed E-state index contributed by atoms with van der Waals surface area (Å²) in [4.78, 5) is 12.4. The van der Waals surface area contributed by atoms with E-state index >= 15 is 0 Å². The van der Waals surface area contributed by atoms with Gasteiger partial charge >= 0.3 is 0 Å². The van der Waals surface area contributed by atoms with Crippen LogP contribution >= 0.6 is 11.3 Å². The van der Waals surface area contributed by atoms with Gasteiger partial charge in [-0.05, 0) is 50.8 Å². The van der Waals surface area contributed by atoms with Crippen LogP contribution in [0.2, 0.25) is 0 Å². The molecule has 130 valence electrons. The topological polar surface area (TPSA) is 83.6 Å². The number of amides is 1. The highest BCUT2D eigenvalue weighted by Crippen LogP contribution is 2.42. The lowest BCUT2D eigenvalue weighted by atomic mass is 10.1. The summed E-state index contributed by atoms with van der Waals surface area (Å²) in [6.45, 7) is 7.09. The number of aryl methyl sites for hydroxylation is 1. The minimum Gasteiger partial charge on any atom is -0.349 e. The number of carbonyl (C=O) groups excluding carboxylic acids is 1. The number of nitrogens with one attached hydrogen (secondary N) is 1. The van der Waals surface area contributed by atoms with Crippen molar-refractivity contribution in [3.63, 3.8) is 0 Å². The molecule has 0 aliphatic heterocycles. The largest absolute Gasteiger partial charge is 0.349 e. The molecule has 0 spiro atoms. The van der Waals surface area contributed by atoms with Crippen molar-refractivity contribution in [2.45, 2.75) is 52.5 Å². The zero-order valence-corrected chi connectivity index (χ0v) is 15.5. The summed E-state index contributed by atoms with van der Waals surface area (Å²) in [5, 5.41) is 21.6. The van der Waals surface area contributed by atoms with Gasteiger partial charge < -0.3 is 4.57 Å². The van der Waals surface area contributed by atoms with E-state index in [1.165, 1.54) is 11.3 Å². The van der Waals surface area contributed by atoms with Crippen LogP contribution < -0.4 is 5.32 Å². The second-order valence-corrected chi connectivity index (χ2v) is 7.33. The molecule has 0 aromatic carbocycles. The maximum absolute atomic E-state index is 12.4. The minimum absolute atomic E-state index is 0.0694. The quantitative estimate of drug-likeness (QED) is 0.631. The van der Waals surface area contributed by atoms with Crippen molar-refractivity contribution in [1.82, 2.24) is 14.8 Å². The number of aromatic nitrogens is 3. The second-order valence-electron chi connectivity index (χ2n) is 6.32. The zero-order valence-electron chi connectivity index (χ0n) is 14.7. The molecule has 1 aliphatic rings. The van der Waals surface area contributed by atoms with Crippen molar-refractivity contribution < 1.29 is 4.79 Å². The Morgan fingerprint density at radius 3 is 2.88 bits per heavy atom. The van der Waals surface area contributed by atoms with Crippen LogP contribution in [0.4, 0.5) is 5.13 Å². The average molecular weight is 355 g/mol. The normalized spacial score (nSPS) is 14.4. The van der Waals surface area contributed by atoms with Crippen LogP contribution in [0.15, 0.2) is 11.6 Å². The molecular formula is C18H21N5OS. The summed E-state index contributed by atoms with van der Waals surface area (Å²) in [6.07, 6.45) is 4.96. The van der Waals surface area contributed by atoms with Gasteiger partial charge in [-0.1, -0.05) is 18.3 Å². The molecular weight excluding hydrogens is 334 g/mol. The fourth-order valence-electron chi connectivity index (χ4n) is 2.79. The molecule has 1 saturated carbocycles. The van der Waals surface area contributed by atoms with Crippen LogP contribution in [0.1, 0.15) is 54.1 Å². The molecule has 0 atom stereocenters. The predicted molar refractivity (Wildman–Crippen MR) is 98.3 cm³/mol. The molecule has 2 aromatic rings. The van der Waals surface area contributed by atoms with Crippen LogP contribution in [0, 0.1) is 25.2 Å². The van der Waals surface area contributed by atoms with Crippen LogP contribution in [0.25, 0.3) is 6.08 Å². The average Bonchev–Trinajstić information content (AvgIpc) is 3.29. The number of nitrogens with zero attached hydrogens (tertiary/aromatic N) is 4. The standard InChI is InChI=1S/C18H21N5OS/c1-4-7-23-11(2)8-14(12(23)3)9-15(10-19)16(24)20-18-22-21-17(25-18)13-5-6-13/h8-9,13H,4-7H2,1-3H3,(H,20,22,24)/b15-9+. The SMILES string of the molecule is CCCn1c(C)cc(/C=C(\C#N)C(=O)Nc2nnc(C3CC3)s2)c1C. The van der Waals surface area contributed by atoms with Crippen molar-refractivity contribution in [2.75, 3.05) is 5.32 Å². The Hall–Kier alpha value is -2.46. The van der Waals surface area contributed by atoms with E-state index in [1.807, 2.05) is 26.0 Å². The summed E-state index contributed by atoms with van der Waals surface area (Å²) in [7, 11) is 0. The van der Waals surface area contributed by atoms with Crippen LogP contribution in [-0.4, -0.2) is 20.7 Å². The third kappa shape index (κ3) is 3.80. The van der Waals surface area contributed by atoms with E-state index < -0.39 is 5.91 Å². The Kier molecular flexibility index (Phi) is 5.00. The van der Waals surface area contributed by atoms with Gasteiger partial charge in [0.15, 0.2) is 0 Å². The number of rotatable bonds is 6. The van der Waals surface area contributed by atoms with Crippen molar-refractivity contribution in [1.29, 1.82) is 5.26 Å². The van der Waals surface area contributed by atoms with Crippen LogP contribution in [-0.2, 0) is 11.3 Å². The maximum Gasteiger partial charge on any atom is 0.268 e. The molecule has 1 fully saturated rings. The van der Waals surface area contributed by atoms with E-state index in [2.05, 4.69) is 27.0 Å². The first-order chi connectivity index (χ1) is 12.0. The van der Waals surface area contributed by atoms with Crippen molar-refractivity contribution in [3.05, 3.63) is 33.6 Å². The third-order valence-electron chi connectivity index (χ3n) is 4.31. The van der Waals surface area contributed by atoms with Crippen molar-refractivity contribution in [3.8, 4) is 6.07 Å². The van der Waals surface area contributed by atoms with Gasteiger partial charge in [-0.15, -0.1) is 10.2 Å². The van der Waals surface area contributed by atoms with Crippen molar-refractivity contribution >= 4 is 28.5 Å². The van der Waals surface area contributed by atoms with Gasteiger partial charge in [0.1, 0.15) is 16.6 Å². The fourth-order valence-corrected chi connectivity index (χ4v) is 3.70. The lowest BCUT2D eigenvalue weighted by Gasteiger charge is -2.07. The number of anilines is 1. The molecule has 2 heterocycles. The minimum atomic E-state index is -0.443. The molecule has 0 saturated heterocycles. The Balaban J connectivity index is 1.78. The molecule has 1 N–H and O–H groups in total. The Morgan fingerprint density at radius 1 is 1.48 bits per heavy atom. The summed E-state index contributed by atoms with van der Waals surface area (Å²) in [5.74, 6) is 0.0550. The molecule has 3 rings (SSSR count). The molecule has 1 amide bonds. The van der Waals surface area contributed by atoms with Gasteiger partial charge in [-0.3, -0.25) is 10.1 Å². The Bertz CT molecular complexity index is 867. The van der Waals surface area contributed by atoms with E-state index in [9.17, 15) is 10.1 Å². The van der Waals surface area contributed by atoms with E-state index in [0.29, 0.717) is 11.0 Å². The predicted octanol–water partition coefficient (Wildman–Crippen LogP) is 3.79. The fraction of sp³-hybridized carbons (Fsp3) is 0.444. The van der Waals surface area contributed by atoms with Crippen LogP contribution in [0.3, 0.4) is 0 Å². The summed E-state index contributed by atoms with van der Waals surface area (Å²) < 4.78 is 2.20. The first-order valence-corrected chi connectivity index (χ1v) is 9.28. The molecule has 2 aromatic heterocycles. The summed E-state index contributed by atoms with van der Waals surface area (Å²) in [5.41, 5.74) is 3.15. The van der Waals surface area contributed by atoms with Gasteiger partial charge in [0.25, 0.3) is 5.91 Å². The second kappa shape index (κ2) is 7.19. The monoisotopic (exact) mass is 355 g/mol. The van der Waals surface area contributed by atoms with Crippen LogP contribution in [0.5, 0.6) is 0 Å². The number of hydrogen-bond acceptors (Lipinski definition) is 5. The van der Waals surface area contributed by atoms with Gasteiger partial charge in [0, 0.05) is 23.9 Å². The van der Waals surface area contributed by atoms with Gasteiger partial charge in [0.2, 0.25) is 5.13 Å². The zero-order chi connectivity index (χ0) is 18.0. The Morgan fingerprint density at radius 2 is 2.24 bits per heavy atom. The first-order valence-electron chi connectivity index (χ1n) is 8.46. The molecule has 0 radical (unpaired) electrons. The first kappa shape index (κ1) is 17.4. The van der Waals surface area contributed by atoms with E-state index in [4.69, 9.17) is 0 Å². The smallest absolute Gasteiger partial charge is 0.268 e. The highest BCUT2D eigenvalue weighted by atomic mass is 32.1. The van der Waals surface area contributed by atoms with Gasteiger partial charge in [-0.2, -0.15) is 5.26 Å². The van der Waals surface area contributed by atoms with Gasteiger partial charge in [0.05, 0.1) is 0 Å². The van der Waals surface area contributed by atoms with Gasteiger partial charge in [-0.25, -0.2) is 0 Å². The summed E-state index contributed by atoms with van der Waals surface area (Å²) >= 11 is 1.39. The Labute approximate surface area is 151 Å². The van der Waals surface area contributed by atoms with E-state index in [0.717, 1.165) is 47.8 Å². The van der Waals surface area contributed by atoms with E-state index in [-0.39, 0.29) is 5.57 Å². The number of hydrogen-bond donors (Lipinski definition) is 1. The van der Waals surface area contributed by atoms with E-state index in [1.54, 1.807) is 6.08 Å². The molecule has 0 bridgehead atoms. The molecule has 7 heteroatoms. The lowest BCUT2D eigenvalue weighted by Crippen LogP contribution is -2.13.